The van der Waals surface area contributed by atoms with Crippen LogP contribution in [0.3, 0.4) is 0 Å². The lowest BCUT2D eigenvalue weighted by Crippen LogP contribution is -2.51. The van der Waals surface area contributed by atoms with Crippen molar-refractivity contribution in [1.29, 1.82) is 0 Å². The number of nitrogens with one attached hydrogen (secondary N) is 1. The van der Waals surface area contributed by atoms with E-state index in [1.165, 1.54) is 0 Å². The van der Waals surface area contributed by atoms with Gasteiger partial charge < -0.3 is 20.1 Å². The Kier molecular flexibility index (Phi) is 7.60. The Morgan fingerprint density at radius 1 is 1.47 bits per heavy atom. The highest BCUT2D eigenvalue weighted by molar-refractivity contribution is 4.99. The van der Waals surface area contributed by atoms with Gasteiger partial charge in [0.1, 0.15) is 0 Å². The molecular formula is C11H24N2O2. The molecule has 4 nitrogen and oxygen atoms in total. The van der Waals surface area contributed by atoms with Crippen LogP contribution in [0.1, 0.15) is 6.92 Å². The van der Waals surface area contributed by atoms with Crippen molar-refractivity contribution >= 4 is 0 Å². The predicted octanol–water partition coefficient (Wildman–Crippen LogP) is 0.0880. The van der Waals surface area contributed by atoms with E-state index < -0.39 is 6.10 Å². The fourth-order valence-electron chi connectivity index (χ4n) is 1.56. The first-order valence-electron chi connectivity index (χ1n) is 5.22. The van der Waals surface area contributed by atoms with Crippen molar-refractivity contribution in [2.75, 3.05) is 34.9 Å². The van der Waals surface area contributed by atoms with Crippen LogP contribution in [0.5, 0.6) is 0 Å². The number of nitrogens with zero attached hydrogens (tertiary/aromatic N) is 1. The molecule has 0 fully saturated rings. The van der Waals surface area contributed by atoms with Gasteiger partial charge in [0.2, 0.25) is 0 Å². The summed E-state index contributed by atoms with van der Waals surface area (Å²) in [5.41, 5.74) is 0. The number of likely N-dealkylation sites (N-methyl/N-ethyl adjacent to an activating group) is 2. The van der Waals surface area contributed by atoms with Gasteiger partial charge >= 0.3 is 0 Å². The first kappa shape index (κ1) is 14.6. The van der Waals surface area contributed by atoms with Crippen LogP contribution in [0.15, 0.2) is 12.2 Å². The summed E-state index contributed by atoms with van der Waals surface area (Å²) >= 11 is 0. The normalized spacial score (nSPS) is 18.3. The molecule has 0 heterocycles. The number of hydrogen-bond donors (Lipinski definition) is 2. The maximum atomic E-state index is 10.2. The molecule has 0 saturated carbocycles. The molecule has 0 aromatic heterocycles. The Hall–Kier alpha value is -0.420. The third-order valence-corrected chi connectivity index (χ3v) is 2.47. The average molecular weight is 216 g/mol. The van der Waals surface area contributed by atoms with E-state index in [0.29, 0.717) is 6.61 Å². The summed E-state index contributed by atoms with van der Waals surface area (Å²) in [6.45, 7) is 2.45. The maximum Gasteiger partial charge on any atom is 0.0905 e. The van der Waals surface area contributed by atoms with Gasteiger partial charge in [-0.05, 0) is 28.1 Å². The Labute approximate surface area is 92.9 Å². The average Bonchev–Trinajstić information content (AvgIpc) is 2.21. The molecule has 0 spiro atoms. The quantitative estimate of drug-likeness (QED) is 0.592. The minimum Gasteiger partial charge on any atom is -0.389 e. The van der Waals surface area contributed by atoms with Crippen molar-refractivity contribution in [3.05, 3.63) is 12.2 Å². The topological polar surface area (TPSA) is 44.7 Å². The van der Waals surface area contributed by atoms with Gasteiger partial charge in [-0.25, -0.2) is 0 Å². The molecule has 0 aromatic carbocycles. The van der Waals surface area contributed by atoms with Crippen LogP contribution < -0.4 is 5.32 Å². The van der Waals surface area contributed by atoms with Crippen molar-refractivity contribution in [1.82, 2.24) is 10.2 Å². The summed E-state index contributed by atoms with van der Waals surface area (Å²) in [5, 5.41) is 13.2. The molecule has 90 valence electrons. The van der Waals surface area contributed by atoms with E-state index in [0.717, 1.165) is 0 Å². The SMILES string of the molecule is C/C=C/C(C(O)C(COC)NC)N(C)C. The molecule has 3 atom stereocenters. The van der Waals surface area contributed by atoms with Gasteiger partial charge in [-0.3, -0.25) is 0 Å². The molecule has 0 aliphatic heterocycles. The summed E-state index contributed by atoms with van der Waals surface area (Å²) < 4.78 is 5.06. The third-order valence-electron chi connectivity index (χ3n) is 2.47. The Morgan fingerprint density at radius 2 is 2.07 bits per heavy atom. The first-order valence-corrected chi connectivity index (χ1v) is 5.22. The first-order chi connectivity index (χ1) is 7.08. The number of methoxy groups -OCH3 is 1. The van der Waals surface area contributed by atoms with E-state index in [-0.39, 0.29) is 12.1 Å². The summed E-state index contributed by atoms with van der Waals surface area (Å²) in [4.78, 5) is 1.99. The molecule has 0 aliphatic carbocycles. The number of hydrogen-bond acceptors (Lipinski definition) is 4. The van der Waals surface area contributed by atoms with Crippen molar-refractivity contribution < 1.29 is 9.84 Å². The fraction of sp³-hybridized carbons (Fsp3) is 0.818. The van der Waals surface area contributed by atoms with Gasteiger partial charge in [-0.1, -0.05) is 12.2 Å². The molecule has 3 unspecified atom stereocenters. The Bertz CT molecular complexity index is 183. The van der Waals surface area contributed by atoms with Gasteiger partial charge in [0.25, 0.3) is 0 Å². The van der Waals surface area contributed by atoms with Crippen LogP contribution in [0.4, 0.5) is 0 Å². The molecule has 0 bridgehead atoms. The van der Waals surface area contributed by atoms with E-state index in [2.05, 4.69) is 5.32 Å². The number of ether oxygens (including phenoxy) is 1. The van der Waals surface area contributed by atoms with Gasteiger partial charge in [0, 0.05) is 7.11 Å². The lowest BCUT2D eigenvalue weighted by atomic mass is 10.0. The van der Waals surface area contributed by atoms with E-state index in [9.17, 15) is 5.11 Å². The number of aliphatic hydroxyl groups excluding tert-OH is 1. The minimum atomic E-state index is -0.485. The van der Waals surface area contributed by atoms with E-state index in [4.69, 9.17) is 4.74 Å². The Morgan fingerprint density at radius 3 is 2.40 bits per heavy atom. The standard InChI is InChI=1S/C11H24N2O2/c1-6-7-10(13(3)4)11(14)9(12-2)8-15-5/h6-7,9-12,14H,8H2,1-5H3/b7-6+. The summed E-state index contributed by atoms with van der Waals surface area (Å²) in [5.74, 6) is 0. The van der Waals surface area contributed by atoms with Crippen LogP contribution in [-0.4, -0.2) is 63.1 Å². The van der Waals surface area contributed by atoms with Crippen LogP contribution in [-0.2, 0) is 4.74 Å². The molecule has 0 saturated heterocycles. The largest absolute Gasteiger partial charge is 0.389 e. The second-order valence-corrected chi connectivity index (χ2v) is 3.82. The molecule has 15 heavy (non-hydrogen) atoms. The minimum absolute atomic E-state index is 0.00241. The van der Waals surface area contributed by atoms with E-state index in [1.807, 2.05) is 45.1 Å². The van der Waals surface area contributed by atoms with E-state index in [1.54, 1.807) is 7.11 Å². The van der Waals surface area contributed by atoms with E-state index >= 15 is 0 Å². The van der Waals surface area contributed by atoms with Gasteiger partial charge in [0.05, 0.1) is 24.8 Å². The van der Waals surface area contributed by atoms with Gasteiger partial charge in [-0.15, -0.1) is 0 Å². The van der Waals surface area contributed by atoms with Crippen molar-refractivity contribution in [3.63, 3.8) is 0 Å². The van der Waals surface area contributed by atoms with Crippen LogP contribution in [0, 0.1) is 0 Å². The van der Waals surface area contributed by atoms with Crippen molar-refractivity contribution in [2.45, 2.75) is 25.1 Å². The van der Waals surface area contributed by atoms with Crippen molar-refractivity contribution in [2.24, 2.45) is 0 Å². The zero-order valence-electron chi connectivity index (χ0n) is 10.4. The van der Waals surface area contributed by atoms with Crippen LogP contribution >= 0.6 is 0 Å². The molecule has 0 rings (SSSR count). The van der Waals surface area contributed by atoms with Gasteiger partial charge in [-0.2, -0.15) is 0 Å². The highest BCUT2D eigenvalue weighted by atomic mass is 16.5. The number of rotatable bonds is 7. The number of aliphatic hydroxyl groups is 1. The lowest BCUT2D eigenvalue weighted by molar-refractivity contribution is 0.0346. The highest BCUT2D eigenvalue weighted by Crippen LogP contribution is 2.07. The highest BCUT2D eigenvalue weighted by Gasteiger charge is 2.26. The zero-order valence-corrected chi connectivity index (χ0v) is 10.4. The Balaban J connectivity index is 4.51. The molecule has 0 amide bonds. The molecule has 0 radical (unpaired) electrons. The molecule has 4 heteroatoms. The zero-order chi connectivity index (χ0) is 11.8. The molecular weight excluding hydrogens is 192 g/mol. The predicted molar refractivity (Wildman–Crippen MR) is 63.0 cm³/mol. The summed E-state index contributed by atoms with van der Waals surface area (Å²) in [6, 6.07) is -0.0544. The lowest BCUT2D eigenvalue weighted by Gasteiger charge is -2.31. The molecule has 0 aliphatic rings. The molecule has 0 aromatic rings. The third kappa shape index (κ3) is 4.75. The second kappa shape index (κ2) is 7.82. The summed E-state index contributed by atoms with van der Waals surface area (Å²) in [6.07, 6.45) is 3.46. The smallest absolute Gasteiger partial charge is 0.0905 e. The van der Waals surface area contributed by atoms with Gasteiger partial charge in [0.15, 0.2) is 0 Å². The second-order valence-electron chi connectivity index (χ2n) is 3.82. The summed E-state index contributed by atoms with van der Waals surface area (Å²) in [7, 11) is 7.37. The molecule has 2 N–H and O–H groups in total. The number of allylic oxidation sites excluding steroid dienone is 1. The van der Waals surface area contributed by atoms with Crippen molar-refractivity contribution in [3.8, 4) is 0 Å². The fourth-order valence-corrected chi connectivity index (χ4v) is 1.56. The maximum absolute atomic E-state index is 10.2. The van der Waals surface area contributed by atoms with Crippen LogP contribution in [0.2, 0.25) is 0 Å². The monoisotopic (exact) mass is 216 g/mol. The van der Waals surface area contributed by atoms with Crippen LogP contribution in [0.25, 0.3) is 0 Å².